The molecule has 0 aliphatic carbocycles. The molecule has 0 spiro atoms. The van der Waals surface area contributed by atoms with Gasteiger partial charge < -0.3 is 20.3 Å². The number of nitrogens with zero attached hydrogens (tertiary/aromatic N) is 2. The van der Waals surface area contributed by atoms with E-state index in [1.54, 1.807) is 0 Å². The molecule has 98 valence electrons. The number of amides is 1. The number of carbonyl (C=O) groups excluding carboxylic acids is 1. The van der Waals surface area contributed by atoms with Gasteiger partial charge in [0, 0.05) is 0 Å². The number of nitrogens with one attached hydrogen (secondary N) is 2. The topological polar surface area (TPSA) is 154 Å². The Morgan fingerprint density at radius 3 is 2.67 bits per heavy atom. The summed E-state index contributed by atoms with van der Waals surface area (Å²) in [5.41, 5.74) is 0.343. The van der Waals surface area contributed by atoms with Gasteiger partial charge in [-0.3, -0.25) is 4.79 Å². The third-order valence-corrected chi connectivity index (χ3v) is 1.78. The van der Waals surface area contributed by atoms with E-state index in [1.807, 2.05) is 5.32 Å². The molecular formula is C8H10N4O6. The number of rotatable bonds is 6. The van der Waals surface area contributed by atoms with Gasteiger partial charge in [-0.2, -0.15) is 15.4 Å². The molecule has 1 atom stereocenters. The number of carboxylic acid groups (broad SMARTS) is 2. The van der Waals surface area contributed by atoms with Crippen LogP contribution in [0.15, 0.2) is 6.20 Å². The number of carbonyl (C=O) groups is 3. The minimum Gasteiger partial charge on any atom is -0.481 e. The van der Waals surface area contributed by atoms with Crippen molar-refractivity contribution in [1.29, 1.82) is 0 Å². The first kappa shape index (κ1) is 13.4. The normalized spacial score (nSPS) is 11.6. The minimum absolute atomic E-state index is 0.207. The van der Waals surface area contributed by atoms with Gasteiger partial charge in [0.15, 0.2) is 0 Å². The zero-order valence-electron chi connectivity index (χ0n) is 8.99. The van der Waals surface area contributed by atoms with Crippen LogP contribution in [0.2, 0.25) is 0 Å². The molecule has 1 heterocycles. The molecule has 18 heavy (non-hydrogen) atoms. The Balaban J connectivity index is 2.41. The first-order chi connectivity index (χ1) is 8.49. The lowest BCUT2D eigenvalue weighted by molar-refractivity contribution is -0.145. The molecule has 1 aromatic heterocycles. The quantitative estimate of drug-likeness (QED) is 0.504. The average molecular weight is 258 g/mol. The second-order valence-electron chi connectivity index (χ2n) is 3.17. The summed E-state index contributed by atoms with van der Waals surface area (Å²) in [5.74, 6) is -2.81. The maximum Gasteiger partial charge on any atom is 0.408 e. The van der Waals surface area contributed by atoms with Gasteiger partial charge >= 0.3 is 18.0 Å². The number of aliphatic carboxylic acids is 2. The van der Waals surface area contributed by atoms with Crippen LogP contribution < -0.4 is 5.32 Å². The van der Waals surface area contributed by atoms with Gasteiger partial charge in [-0.15, -0.1) is 0 Å². The summed E-state index contributed by atoms with van der Waals surface area (Å²) < 4.78 is 4.62. The lowest BCUT2D eigenvalue weighted by Gasteiger charge is -2.11. The molecular weight excluding hydrogens is 248 g/mol. The van der Waals surface area contributed by atoms with E-state index in [1.165, 1.54) is 6.20 Å². The molecule has 4 N–H and O–H groups in total. The Morgan fingerprint density at radius 1 is 1.44 bits per heavy atom. The molecule has 10 nitrogen and oxygen atoms in total. The van der Waals surface area contributed by atoms with E-state index in [0.717, 1.165) is 0 Å². The Labute approximate surface area is 99.9 Å². The first-order valence-corrected chi connectivity index (χ1v) is 4.71. The molecule has 1 rings (SSSR count). The number of ether oxygens (including phenoxy) is 1. The smallest absolute Gasteiger partial charge is 0.408 e. The highest BCUT2D eigenvalue weighted by Gasteiger charge is 2.23. The predicted octanol–water partition coefficient (Wildman–Crippen LogP) is -1.04. The Kier molecular flexibility index (Phi) is 4.60. The Hall–Kier alpha value is -2.65. The van der Waals surface area contributed by atoms with Crippen molar-refractivity contribution in [2.75, 3.05) is 0 Å². The first-order valence-electron chi connectivity index (χ1n) is 4.71. The van der Waals surface area contributed by atoms with Gasteiger partial charge in [-0.1, -0.05) is 0 Å². The summed E-state index contributed by atoms with van der Waals surface area (Å²) in [6.45, 7) is -0.207. The van der Waals surface area contributed by atoms with Crippen LogP contribution in [-0.2, 0) is 20.9 Å². The summed E-state index contributed by atoms with van der Waals surface area (Å²) in [6.07, 6.45) is -0.472. The van der Waals surface area contributed by atoms with Gasteiger partial charge in [-0.25, -0.2) is 9.59 Å². The van der Waals surface area contributed by atoms with Crippen LogP contribution in [0.5, 0.6) is 0 Å². The number of alkyl carbamates (subject to hydrolysis) is 1. The maximum absolute atomic E-state index is 11.2. The number of aromatic amines is 1. The highest BCUT2D eigenvalue weighted by atomic mass is 16.5. The van der Waals surface area contributed by atoms with Crippen LogP contribution in [0.3, 0.4) is 0 Å². The van der Waals surface area contributed by atoms with E-state index < -0.39 is 30.5 Å². The van der Waals surface area contributed by atoms with Crippen LogP contribution in [0.1, 0.15) is 12.1 Å². The van der Waals surface area contributed by atoms with Gasteiger partial charge in [-0.05, 0) is 0 Å². The molecule has 0 aliphatic heterocycles. The maximum atomic E-state index is 11.2. The van der Waals surface area contributed by atoms with Crippen molar-refractivity contribution in [3.63, 3.8) is 0 Å². The molecule has 0 fully saturated rings. The van der Waals surface area contributed by atoms with E-state index in [9.17, 15) is 14.4 Å². The fourth-order valence-electron chi connectivity index (χ4n) is 0.993. The van der Waals surface area contributed by atoms with Crippen LogP contribution >= 0.6 is 0 Å². The van der Waals surface area contributed by atoms with Crippen molar-refractivity contribution < 1.29 is 29.3 Å². The zero-order valence-corrected chi connectivity index (χ0v) is 8.99. The van der Waals surface area contributed by atoms with E-state index in [-0.39, 0.29) is 6.61 Å². The molecule has 1 amide bonds. The minimum atomic E-state index is -1.55. The van der Waals surface area contributed by atoms with E-state index in [0.29, 0.717) is 5.69 Å². The van der Waals surface area contributed by atoms with Gasteiger partial charge in [0.1, 0.15) is 18.3 Å². The molecule has 0 radical (unpaired) electrons. The van der Waals surface area contributed by atoms with Gasteiger partial charge in [0.2, 0.25) is 0 Å². The average Bonchev–Trinajstić information content (AvgIpc) is 2.77. The summed E-state index contributed by atoms with van der Waals surface area (Å²) in [7, 11) is 0. The van der Waals surface area contributed by atoms with Crippen molar-refractivity contribution in [3.8, 4) is 0 Å². The second kappa shape index (κ2) is 6.18. The van der Waals surface area contributed by atoms with Gasteiger partial charge in [0.05, 0.1) is 12.6 Å². The standard InChI is InChI=1S/C8H10N4O6/c13-6(14)1-5(7(15)16)10-8(17)18-3-4-2-9-12-11-4/h2,5H,1,3H2,(H,10,17)(H,13,14)(H,15,16)(H,9,11,12). The number of hydrogen-bond donors (Lipinski definition) is 4. The highest BCUT2D eigenvalue weighted by molar-refractivity contribution is 5.84. The van der Waals surface area contributed by atoms with Crippen LogP contribution in [0.4, 0.5) is 4.79 Å². The third-order valence-electron chi connectivity index (χ3n) is 1.78. The van der Waals surface area contributed by atoms with E-state index in [4.69, 9.17) is 10.2 Å². The summed E-state index contributed by atoms with van der Waals surface area (Å²) in [6, 6.07) is -1.55. The molecule has 0 saturated heterocycles. The number of aromatic nitrogens is 3. The molecule has 0 aliphatic rings. The molecule has 0 saturated carbocycles. The second-order valence-corrected chi connectivity index (χ2v) is 3.17. The number of carboxylic acids is 2. The van der Waals surface area contributed by atoms with Crippen molar-refractivity contribution in [2.24, 2.45) is 0 Å². The predicted molar refractivity (Wildman–Crippen MR) is 53.4 cm³/mol. The zero-order chi connectivity index (χ0) is 13.5. The largest absolute Gasteiger partial charge is 0.481 e. The molecule has 1 unspecified atom stereocenters. The van der Waals surface area contributed by atoms with Crippen LogP contribution in [0.25, 0.3) is 0 Å². The summed E-state index contributed by atoms with van der Waals surface area (Å²) >= 11 is 0. The van der Waals surface area contributed by atoms with Gasteiger partial charge in [0.25, 0.3) is 0 Å². The third kappa shape index (κ3) is 4.47. The molecule has 0 bridgehead atoms. The van der Waals surface area contributed by atoms with Crippen molar-refractivity contribution in [3.05, 3.63) is 11.9 Å². The SMILES string of the molecule is O=C(O)CC(NC(=O)OCc1cn[nH]n1)C(=O)O. The lowest BCUT2D eigenvalue weighted by Crippen LogP contribution is -2.42. The Morgan fingerprint density at radius 2 is 2.17 bits per heavy atom. The van der Waals surface area contributed by atoms with Crippen LogP contribution in [-0.4, -0.2) is 49.7 Å². The molecule has 1 aromatic rings. The van der Waals surface area contributed by atoms with Crippen molar-refractivity contribution >= 4 is 18.0 Å². The monoisotopic (exact) mass is 258 g/mol. The summed E-state index contributed by atoms with van der Waals surface area (Å²) in [4.78, 5) is 32.2. The number of hydrogen-bond acceptors (Lipinski definition) is 6. The molecule has 0 aromatic carbocycles. The van der Waals surface area contributed by atoms with E-state index in [2.05, 4.69) is 20.1 Å². The summed E-state index contributed by atoms with van der Waals surface area (Å²) in [5, 5.41) is 28.4. The van der Waals surface area contributed by atoms with Crippen molar-refractivity contribution in [1.82, 2.24) is 20.7 Å². The highest BCUT2D eigenvalue weighted by Crippen LogP contribution is 1.97. The van der Waals surface area contributed by atoms with E-state index >= 15 is 0 Å². The molecule has 10 heteroatoms. The fraction of sp³-hybridized carbons (Fsp3) is 0.375. The van der Waals surface area contributed by atoms with Crippen molar-refractivity contribution in [2.45, 2.75) is 19.1 Å². The number of H-pyrrole nitrogens is 1. The lowest BCUT2D eigenvalue weighted by atomic mass is 10.2. The Bertz CT molecular complexity index is 431. The van der Waals surface area contributed by atoms with Crippen LogP contribution in [0, 0.1) is 0 Å². The fourth-order valence-corrected chi connectivity index (χ4v) is 0.993.